The molecule has 0 atom stereocenters. The molecule has 1 saturated heterocycles. The van der Waals surface area contributed by atoms with Gasteiger partial charge in [0.1, 0.15) is 5.69 Å². The summed E-state index contributed by atoms with van der Waals surface area (Å²) >= 11 is 0. The molecule has 0 saturated carbocycles. The minimum atomic E-state index is -0.517. The SMILES string of the molecule is CCNC(=O)c1ccc(N2CCCC(=O)C2)c([N+](=O)[O-])c1. The van der Waals surface area contributed by atoms with E-state index in [2.05, 4.69) is 5.32 Å². The Hall–Kier alpha value is -2.44. The monoisotopic (exact) mass is 291 g/mol. The first-order valence-corrected chi connectivity index (χ1v) is 6.86. The van der Waals surface area contributed by atoms with E-state index in [-0.39, 0.29) is 29.5 Å². The summed E-state index contributed by atoms with van der Waals surface area (Å²) in [6.07, 6.45) is 1.20. The lowest BCUT2D eigenvalue weighted by atomic mass is 10.1. The molecular formula is C14H17N3O4. The number of carbonyl (C=O) groups excluding carboxylic acids is 2. The van der Waals surface area contributed by atoms with Gasteiger partial charge in [0, 0.05) is 31.1 Å². The van der Waals surface area contributed by atoms with Gasteiger partial charge in [0.2, 0.25) is 0 Å². The van der Waals surface area contributed by atoms with E-state index in [1.54, 1.807) is 24.0 Å². The van der Waals surface area contributed by atoms with Crippen LogP contribution in [-0.4, -0.2) is 36.2 Å². The van der Waals surface area contributed by atoms with Crippen molar-refractivity contribution in [1.82, 2.24) is 5.32 Å². The standard InChI is InChI=1S/C14H17N3O4/c1-2-15-14(19)10-5-6-12(13(8-10)17(20)21)16-7-3-4-11(18)9-16/h5-6,8H,2-4,7,9H2,1H3,(H,15,19). The Morgan fingerprint density at radius 1 is 1.48 bits per heavy atom. The molecule has 0 unspecified atom stereocenters. The molecule has 112 valence electrons. The lowest BCUT2D eigenvalue weighted by Gasteiger charge is -2.27. The van der Waals surface area contributed by atoms with Crippen LogP contribution in [0.25, 0.3) is 0 Å². The molecule has 0 aromatic heterocycles. The van der Waals surface area contributed by atoms with E-state index < -0.39 is 4.92 Å². The fourth-order valence-electron chi connectivity index (χ4n) is 2.38. The normalized spacial score (nSPS) is 14.9. The number of nitro benzene ring substituents is 1. The third kappa shape index (κ3) is 3.36. The number of nitrogens with zero attached hydrogens (tertiary/aromatic N) is 2. The van der Waals surface area contributed by atoms with Gasteiger partial charge in [0.05, 0.1) is 11.5 Å². The second-order valence-corrected chi connectivity index (χ2v) is 4.88. The van der Waals surface area contributed by atoms with Crippen LogP contribution >= 0.6 is 0 Å². The minimum Gasteiger partial charge on any atom is -0.359 e. The zero-order valence-electron chi connectivity index (χ0n) is 11.8. The number of carbonyl (C=O) groups is 2. The largest absolute Gasteiger partial charge is 0.359 e. The number of ketones is 1. The molecule has 1 aliphatic heterocycles. The van der Waals surface area contributed by atoms with Crippen molar-refractivity contribution < 1.29 is 14.5 Å². The topological polar surface area (TPSA) is 92.6 Å². The maximum atomic E-state index is 11.8. The summed E-state index contributed by atoms with van der Waals surface area (Å²) in [5.41, 5.74) is 0.491. The third-order valence-corrected chi connectivity index (χ3v) is 3.36. The molecule has 0 bridgehead atoms. The van der Waals surface area contributed by atoms with Gasteiger partial charge < -0.3 is 10.2 Å². The number of Topliss-reactive ketones (excluding diaryl/α,β-unsaturated/α-hetero) is 1. The summed E-state index contributed by atoms with van der Waals surface area (Å²) in [5, 5.41) is 13.8. The Bertz CT molecular complexity index is 586. The van der Waals surface area contributed by atoms with Crippen molar-refractivity contribution in [3.05, 3.63) is 33.9 Å². The summed E-state index contributed by atoms with van der Waals surface area (Å²) in [6.45, 7) is 3.02. The molecular weight excluding hydrogens is 274 g/mol. The van der Waals surface area contributed by atoms with Crippen molar-refractivity contribution in [2.45, 2.75) is 19.8 Å². The molecule has 0 spiro atoms. The van der Waals surface area contributed by atoms with Crippen molar-refractivity contribution in [3.8, 4) is 0 Å². The van der Waals surface area contributed by atoms with E-state index in [4.69, 9.17) is 0 Å². The van der Waals surface area contributed by atoms with Gasteiger partial charge in [-0.25, -0.2) is 0 Å². The quantitative estimate of drug-likeness (QED) is 0.670. The van der Waals surface area contributed by atoms with Crippen molar-refractivity contribution in [2.24, 2.45) is 0 Å². The molecule has 1 heterocycles. The zero-order chi connectivity index (χ0) is 15.4. The van der Waals surface area contributed by atoms with E-state index >= 15 is 0 Å². The molecule has 21 heavy (non-hydrogen) atoms. The highest BCUT2D eigenvalue weighted by Crippen LogP contribution is 2.30. The van der Waals surface area contributed by atoms with Crippen molar-refractivity contribution in [2.75, 3.05) is 24.5 Å². The second-order valence-electron chi connectivity index (χ2n) is 4.88. The molecule has 2 rings (SSSR count). The second kappa shape index (κ2) is 6.34. The number of benzene rings is 1. The lowest BCUT2D eigenvalue weighted by molar-refractivity contribution is -0.384. The fraction of sp³-hybridized carbons (Fsp3) is 0.429. The molecule has 7 heteroatoms. The third-order valence-electron chi connectivity index (χ3n) is 3.36. The molecule has 0 radical (unpaired) electrons. The molecule has 1 aliphatic rings. The molecule has 1 N–H and O–H groups in total. The molecule has 1 aromatic carbocycles. The van der Waals surface area contributed by atoms with Crippen LogP contribution in [-0.2, 0) is 4.79 Å². The molecule has 1 fully saturated rings. The van der Waals surface area contributed by atoms with E-state index in [9.17, 15) is 19.7 Å². The van der Waals surface area contributed by atoms with Crippen LogP contribution < -0.4 is 10.2 Å². The maximum absolute atomic E-state index is 11.8. The van der Waals surface area contributed by atoms with Crippen LogP contribution in [0, 0.1) is 10.1 Å². The van der Waals surface area contributed by atoms with Gasteiger partial charge in [0.25, 0.3) is 11.6 Å². The Morgan fingerprint density at radius 2 is 2.24 bits per heavy atom. The smallest absolute Gasteiger partial charge is 0.293 e. The van der Waals surface area contributed by atoms with Crippen molar-refractivity contribution in [3.63, 3.8) is 0 Å². The summed E-state index contributed by atoms with van der Waals surface area (Å²) in [5.74, 6) is -0.273. The van der Waals surface area contributed by atoms with Crippen molar-refractivity contribution in [1.29, 1.82) is 0 Å². The summed E-state index contributed by atoms with van der Waals surface area (Å²) in [4.78, 5) is 35.7. The van der Waals surface area contributed by atoms with E-state index in [1.165, 1.54) is 6.07 Å². The van der Waals surface area contributed by atoms with Gasteiger partial charge in [0.15, 0.2) is 5.78 Å². The fourth-order valence-corrected chi connectivity index (χ4v) is 2.38. The Kier molecular flexibility index (Phi) is 4.52. The van der Waals surface area contributed by atoms with Crippen LogP contribution in [0.15, 0.2) is 18.2 Å². The van der Waals surface area contributed by atoms with Crippen LogP contribution in [0.5, 0.6) is 0 Å². The van der Waals surface area contributed by atoms with Crippen LogP contribution in [0.3, 0.4) is 0 Å². The number of anilines is 1. The van der Waals surface area contributed by atoms with Crippen molar-refractivity contribution >= 4 is 23.1 Å². The number of rotatable bonds is 4. The molecule has 0 aliphatic carbocycles. The number of nitrogens with one attached hydrogen (secondary N) is 1. The average Bonchev–Trinajstić information content (AvgIpc) is 2.46. The highest BCUT2D eigenvalue weighted by atomic mass is 16.6. The highest BCUT2D eigenvalue weighted by molar-refractivity contribution is 5.96. The zero-order valence-corrected chi connectivity index (χ0v) is 11.8. The highest BCUT2D eigenvalue weighted by Gasteiger charge is 2.25. The Balaban J connectivity index is 2.35. The van der Waals surface area contributed by atoms with Crippen LogP contribution in [0.2, 0.25) is 0 Å². The number of amides is 1. The predicted octanol–water partition coefficient (Wildman–Crippen LogP) is 1.51. The first-order valence-electron chi connectivity index (χ1n) is 6.86. The summed E-state index contributed by atoms with van der Waals surface area (Å²) < 4.78 is 0. The Labute approximate surface area is 122 Å². The van der Waals surface area contributed by atoms with Crippen LogP contribution in [0.1, 0.15) is 30.1 Å². The first kappa shape index (κ1) is 15.0. The minimum absolute atomic E-state index is 0.0725. The van der Waals surface area contributed by atoms with Crippen LogP contribution in [0.4, 0.5) is 11.4 Å². The number of hydrogen-bond donors (Lipinski definition) is 1. The van der Waals surface area contributed by atoms with E-state index in [0.29, 0.717) is 31.6 Å². The van der Waals surface area contributed by atoms with Gasteiger partial charge in [-0.15, -0.1) is 0 Å². The first-order chi connectivity index (χ1) is 10.0. The van der Waals surface area contributed by atoms with Gasteiger partial charge in [-0.05, 0) is 25.5 Å². The molecule has 7 nitrogen and oxygen atoms in total. The molecule has 1 amide bonds. The van der Waals surface area contributed by atoms with Gasteiger partial charge >= 0.3 is 0 Å². The lowest BCUT2D eigenvalue weighted by Crippen LogP contribution is -2.36. The Morgan fingerprint density at radius 3 is 2.86 bits per heavy atom. The average molecular weight is 291 g/mol. The summed E-state index contributed by atoms with van der Waals surface area (Å²) in [7, 11) is 0. The number of hydrogen-bond acceptors (Lipinski definition) is 5. The maximum Gasteiger partial charge on any atom is 0.293 e. The van der Waals surface area contributed by atoms with Gasteiger partial charge in [-0.2, -0.15) is 0 Å². The predicted molar refractivity (Wildman–Crippen MR) is 77.6 cm³/mol. The molecule has 1 aromatic rings. The van der Waals surface area contributed by atoms with Gasteiger partial charge in [-0.3, -0.25) is 19.7 Å². The van der Waals surface area contributed by atoms with E-state index in [0.717, 1.165) is 0 Å². The van der Waals surface area contributed by atoms with Gasteiger partial charge in [-0.1, -0.05) is 0 Å². The van der Waals surface area contributed by atoms with E-state index in [1.807, 2.05) is 0 Å². The number of nitro groups is 1. The summed E-state index contributed by atoms with van der Waals surface area (Å²) in [6, 6.07) is 4.35. The number of piperidine rings is 1.